The summed E-state index contributed by atoms with van der Waals surface area (Å²) in [5.41, 5.74) is 2.54. The molecule has 1 heterocycles. The average molecular weight is 223 g/mol. The first-order valence-corrected chi connectivity index (χ1v) is 6.17. The molecular formula is C13H25N3. The van der Waals surface area contributed by atoms with Crippen molar-refractivity contribution >= 4 is 0 Å². The number of nitrogens with one attached hydrogen (secondary N) is 1. The summed E-state index contributed by atoms with van der Waals surface area (Å²) in [6.45, 7) is 12.0. The predicted molar refractivity (Wildman–Crippen MR) is 68.4 cm³/mol. The normalized spacial score (nSPS) is 13.8. The Balaban J connectivity index is 2.66. The molecule has 0 saturated heterocycles. The molecule has 1 aromatic rings. The van der Waals surface area contributed by atoms with Crippen molar-refractivity contribution in [1.29, 1.82) is 0 Å². The van der Waals surface area contributed by atoms with Crippen molar-refractivity contribution in [2.75, 3.05) is 0 Å². The SMILES string of the molecule is CC(C)c1nn(C)cc1CNC(C)C(C)C. The Bertz CT molecular complexity index is 326. The van der Waals surface area contributed by atoms with Crippen LogP contribution in [0.4, 0.5) is 0 Å². The van der Waals surface area contributed by atoms with Crippen molar-refractivity contribution in [3.05, 3.63) is 17.5 Å². The molecule has 0 fully saturated rings. The molecule has 0 amide bonds. The summed E-state index contributed by atoms with van der Waals surface area (Å²) in [7, 11) is 1.99. The number of hydrogen-bond acceptors (Lipinski definition) is 2. The molecule has 1 unspecified atom stereocenters. The van der Waals surface area contributed by atoms with Crippen molar-refractivity contribution in [2.24, 2.45) is 13.0 Å². The zero-order chi connectivity index (χ0) is 12.3. The first-order chi connectivity index (χ1) is 7.41. The Morgan fingerprint density at radius 1 is 1.25 bits per heavy atom. The van der Waals surface area contributed by atoms with E-state index in [4.69, 9.17) is 0 Å². The molecule has 1 rings (SSSR count). The Morgan fingerprint density at radius 3 is 2.38 bits per heavy atom. The summed E-state index contributed by atoms with van der Waals surface area (Å²) in [5.74, 6) is 1.16. The van der Waals surface area contributed by atoms with Crippen molar-refractivity contribution in [2.45, 2.75) is 53.1 Å². The van der Waals surface area contributed by atoms with Crippen LogP contribution in [0, 0.1) is 5.92 Å². The lowest BCUT2D eigenvalue weighted by Crippen LogP contribution is -2.30. The highest BCUT2D eigenvalue weighted by atomic mass is 15.3. The van der Waals surface area contributed by atoms with Gasteiger partial charge in [0, 0.05) is 31.4 Å². The summed E-state index contributed by atoms with van der Waals surface area (Å²) in [4.78, 5) is 0. The summed E-state index contributed by atoms with van der Waals surface area (Å²) in [5, 5.41) is 8.06. The minimum absolute atomic E-state index is 0.493. The highest BCUT2D eigenvalue weighted by Crippen LogP contribution is 2.17. The van der Waals surface area contributed by atoms with E-state index in [0.717, 1.165) is 6.54 Å². The quantitative estimate of drug-likeness (QED) is 0.831. The van der Waals surface area contributed by atoms with Crippen LogP contribution < -0.4 is 5.32 Å². The zero-order valence-corrected chi connectivity index (χ0v) is 11.4. The van der Waals surface area contributed by atoms with Gasteiger partial charge in [-0.25, -0.2) is 0 Å². The van der Waals surface area contributed by atoms with Crippen LogP contribution in [-0.4, -0.2) is 15.8 Å². The molecule has 1 aromatic heterocycles. The lowest BCUT2D eigenvalue weighted by molar-refractivity contribution is 0.425. The van der Waals surface area contributed by atoms with Gasteiger partial charge in [-0.15, -0.1) is 0 Å². The van der Waals surface area contributed by atoms with Gasteiger partial charge in [-0.3, -0.25) is 4.68 Å². The second-order valence-corrected chi connectivity index (χ2v) is 5.28. The molecule has 1 N–H and O–H groups in total. The van der Waals surface area contributed by atoms with Crippen LogP contribution in [0.25, 0.3) is 0 Å². The molecule has 0 aliphatic rings. The molecule has 16 heavy (non-hydrogen) atoms. The van der Waals surface area contributed by atoms with Gasteiger partial charge >= 0.3 is 0 Å². The number of rotatable bonds is 5. The van der Waals surface area contributed by atoms with Crippen molar-refractivity contribution in [3.63, 3.8) is 0 Å². The topological polar surface area (TPSA) is 29.9 Å². The second kappa shape index (κ2) is 5.48. The van der Waals surface area contributed by atoms with E-state index in [1.54, 1.807) is 0 Å². The van der Waals surface area contributed by atoms with Crippen LogP contribution >= 0.6 is 0 Å². The van der Waals surface area contributed by atoms with Gasteiger partial charge < -0.3 is 5.32 Å². The third-order valence-corrected chi connectivity index (χ3v) is 3.10. The van der Waals surface area contributed by atoms with Gasteiger partial charge in [0.1, 0.15) is 0 Å². The van der Waals surface area contributed by atoms with E-state index in [-0.39, 0.29) is 0 Å². The van der Waals surface area contributed by atoms with Gasteiger partial charge in [0.25, 0.3) is 0 Å². The summed E-state index contributed by atoms with van der Waals surface area (Å²) in [6, 6.07) is 0.542. The van der Waals surface area contributed by atoms with Crippen LogP contribution in [0.1, 0.15) is 51.8 Å². The monoisotopic (exact) mass is 223 g/mol. The highest BCUT2D eigenvalue weighted by molar-refractivity contribution is 5.20. The third kappa shape index (κ3) is 3.34. The fourth-order valence-corrected chi connectivity index (χ4v) is 1.68. The first-order valence-electron chi connectivity index (χ1n) is 6.17. The zero-order valence-electron chi connectivity index (χ0n) is 11.4. The maximum atomic E-state index is 4.51. The summed E-state index contributed by atoms with van der Waals surface area (Å²) in [6.07, 6.45) is 2.12. The summed E-state index contributed by atoms with van der Waals surface area (Å²) >= 11 is 0. The Labute approximate surface area is 99.2 Å². The van der Waals surface area contributed by atoms with E-state index < -0.39 is 0 Å². The number of aryl methyl sites for hydroxylation is 1. The van der Waals surface area contributed by atoms with Crippen LogP contribution in [0.3, 0.4) is 0 Å². The Hall–Kier alpha value is -0.830. The lowest BCUT2D eigenvalue weighted by Gasteiger charge is -2.17. The Morgan fingerprint density at radius 2 is 1.88 bits per heavy atom. The molecule has 92 valence electrons. The van der Waals surface area contributed by atoms with Crippen molar-refractivity contribution in [3.8, 4) is 0 Å². The maximum absolute atomic E-state index is 4.51. The highest BCUT2D eigenvalue weighted by Gasteiger charge is 2.13. The van der Waals surface area contributed by atoms with E-state index in [0.29, 0.717) is 17.9 Å². The molecule has 0 bridgehead atoms. The molecule has 0 aliphatic carbocycles. The van der Waals surface area contributed by atoms with Gasteiger partial charge in [-0.1, -0.05) is 27.7 Å². The minimum atomic E-state index is 0.493. The average Bonchev–Trinajstić information content (AvgIpc) is 2.56. The number of hydrogen-bond donors (Lipinski definition) is 1. The van der Waals surface area contributed by atoms with Crippen LogP contribution in [0.15, 0.2) is 6.20 Å². The fraction of sp³-hybridized carbons (Fsp3) is 0.769. The standard InChI is InChI=1S/C13H25N3/c1-9(2)11(5)14-7-12-8-16(6)15-13(12)10(3)4/h8-11,14H,7H2,1-6H3. The smallest absolute Gasteiger partial charge is 0.0694 e. The van der Waals surface area contributed by atoms with Gasteiger partial charge in [0.05, 0.1) is 5.69 Å². The lowest BCUT2D eigenvalue weighted by atomic mass is 10.0. The van der Waals surface area contributed by atoms with E-state index in [2.05, 4.69) is 51.2 Å². The molecule has 0 aromatic carbocycles. The molecule has 0 aliphatic heterocycles. The molecule has 0 radical (unpaired) electrons. The molecule has 1 atom stereocenters. The largest absolute Gasteiger partial charge is 0.310 e. The fourth-order valence-electron chi connectivity index (χ4n) is 1.68. The van der Waals surface area contributed by atoms with E-state index >= 15 is 0 Å². The van der Waals surface area contributed by atoms with Crippen LogP contribution in [0.5, 0.6) is 0 Å². The van der Waals surface area contributed by atoms with Crippen molar-refractivity contribution < 1.29 is 0 Å². The van der Waals surface area contributed by atoms with Crippen LogP contribution in [0.2, 0.25) is 0 Å². The molecule has 3 nitrogen and oxygen atoms in total. The van der Waals surface area contributed by atoms with Crippen molar-refractivity contribution in [1.82, 2.24) is 15.1 Å². The molecule has 0 spiro atoms. The van der Waals surface area contributed by atoms with Gasteiger partial charge in [0.15, 0.2) is 0 Å². The third-order valence-electron chi connectivity index (χ3n) is 3.10. The Kier molecular flexibility index (Phi) is 4.54. The summed E-state index contributed by atoms with van der Waals surface area (Å²) < 4.78 is 1.91. The van der Waals surface area contributed by atoms with E-state index in [9.17, 15) is 0 Å². The van der Waals surface area contributed by atoms with E-state index in [1.807, 2.05) is 11.7 Å². The molecule has 3 heteroatoms. The molecule has 0 saturated carbocycles. The van der Waals surface area contributed by atoms with E-state index in [1.165, 1.54) is 11.3 Å². The number of nitrogens with zero attached hydrogens (tertiary/aromatic N) is 2. The van der Waals surface area contributed by atoms with Gasteiger partial charge in [0.2, 0.25) is 0 Å². The minimum Gasteiger partial charge on any atom is -0.310 e. The maximum Gasteiger partial charge on any atom is 0.0694 e. The first kappa shape index (κ1) is 13.2. The molecular weight excluding hydrogens is 198 g/mol. The van der Waals surface area contributed by atoms with Gasteiger partial charge in [-0.2, -0.15) is 5.10 Å². The van der Waals surface area contributed by atoms with Gasteiger partial charge in [-0.05, 0) is 18.8 Å². The predicted octanol–water partition coefficient (Wildman–Crippen LogP) is 2.68. The van der Waals surface area contributed by atoms with Crippen LogP contribution in [-0.2, 0) is 13.6 Å². The number of aromatic nitrogens is 2. The second-order valence-electron chi connectivity index (χ2n) is 5.28.